The highest BCUT2D eigenvalue weighted by Crippen LogP contribution is 2.40. The van der Waals surface area contributed by atoms with Crippen molar-refractivity contribution in [3.8, 4) is 0 Å². The molecule has 0 radical (unpaired) electrons. The molecule has 0 bridgehead atoms. The predicted octanol–water partition coefficient (Wildman–Crippen LogP) is 2.29. The molecule has 2 aromatic rings. The van der Waals surface area contributed by atoms with Crippen molar-refractivity contribution in [2.75, 3.05) is 6.54 Å². The highest BCUT2D eigenvalue weighted by Gasteiger charge is 2.28. The molecular formula is C18H26N4O2. The topological polar surface area (TPSA) is 80.0 Å². The molecule has 1 saturated carbocycles. The van der Waals surface area contributed by atoms with E-state index >= 15 is 0 Å². The largest absolute Gasteiger partial charge is 0.393 e. The molecule has 1 atom stereocenters. The van der Waals surface area contributed by atoms with Crippen molar-refractivity contribution in [2.24, 2.45) is 13.0 Å². The van der Waals surface area contributed by atoms with E-state index in [1.165, 1.54) is 0 Å². The number of nitrogens with zero attached hydrogens (tertiary/aromatic N) is 3. The van der Waals surface area contributed by atoms with Gasteiger partial charge >= 0.3 is 0 Å². The first-order chi connectivity index (χ1) is 11.4. The van der Waals surface area contributed by atoms with Crippen molar-refractivity contribution in [2.45, 2.75) is 52.1 Å². The summed E-state index contributed by atoms with van der Waals surface area (Å²) in [5, 5.41) is 18.1. The summed E-state index contributed by atoms with van der Waals surface area (Å²) >= 11 is 0. The van der Waals surface area contributed by atoms with Gasteiger partial charge in [-0.05, 0) is 38.2 Å². The maximum absolute atomic E-state index is 12.7. The summed E-state index contributed by atoms with van der Waals surface area (Å²) in [6, 6.07) is 1.92. The molecule has 0 saturated heterocycles. The first-order valence-electron chi connectivity index (χ1n) is 8.69. The number of carbonyl (C=O) groups is 1. The van der Waals surface area contributed by atoms with Crippen molar-refractivity contribution in [3.63, 3.8) is 0 Å². The summed E-state index contributed by atoms with van der Waals surface area (Å²) in [5.74, 6) is 0.548. The Hall–Kier alpha value is -1.95. The average molecular weight is 330 g/mol. The molecule has 2 aromatic heterocycles. The lowest BCUT2D eigenvalue weighted by molar-refractivity contribution is 0.0921. The Labute approximate surface area is 142 Å². The van der Waals surface area contributed by atoms with E-state index in [0.29, 0.717) is 24.4 Å². The van der Waals surface area contributed by atoms with Gasteiger partial charge in [0.15, 0.2) is 5.65 Å². The van der Waals surface area contributed by atoms with Gasteiger partial charge in [0.2, 0.25) is 0 Å². The molecule has 24 heavy (non-hydrogen) atoms. The number of pyridine rings is 1. The Morgan fingerprint density at radius 1 is 1.46 bits per heavy atom. The maximum Gasteiger partial charge on any atom is 0.252 e. The number of rotatable bonds is 6. The van der Waals surface area contributed by atoms with Crippen LogP contribution in [0.15, 0.2) is 6.07 Å². The molecule has 2 heterocycles. The number of fused-ring (bicyclic) bond motifs is 1. The number of aromatic nitrogens is 3. The zero-order chi connectivity index (χ0) is 17.4. The standard InChI is InChI=1S/C18H26N4O2/c1-10(2)15(23)7-8-19-18(24)13-9-14(12-5-6-12)20-17-16(13)11(3)21-22(17)4/h9-10,12,15,23H,5-8H2,1-4H3,(H,19,24). The molecule has 0 aliphatic heterocycles. The minimum absolute atomic E-state index is 0.114. The highest BCUT2D eigenvalue weighted by atomic mass is 16.3. The molecule has 0 spiro atoms. The van der Waals surface area contributed by atoms with Gasteiger partial charge < -0.3 is 10.4 Å². The Balaban J connectivity index is 1.85. The van der Waals surface area contributed by atoms with Crippen LogP contribution in [0.3, 0.4) is 0 Å². The minimum Gasteiger partial charge on any atom is -0.393 e. The number of aliphatic hydroxyl groups excluding tert-OH is 1. The van der Waals surface area contributed by atoms with E-state index in [1.54, 1.807) is 4.68 Å². The lowest BCUT2D eigenvalue weighted by atomic mass is 10.0. The lowest BCUT2D eigenvalue weighted by Gasteiger charge is -2.15. The molecule has 0 aromatic carbocycles. The normalized spacial score (nSPS) is 15.9. The molecule has 3 rings (SSSR count). The second kappa shape index (κ2) is 6.51. The van der Waals surface area contributed by atoms with Gasteiger partial charge in [-0.1, -0.05) is 13.8 Å². The maximum atomic E-state index is 12.7. The van der Waals surface area contributed by atoms with Crippen LogP contribution >= 0.6 is 0 Å². The van der Waals surface area contributed by atoms with Gasteiger partial charge in [-0.25, -0.2) is 4.98 Å². The van der Waals surface area contributed by atoms with Crippen LogP contribution in [0.5, 0.6) is 0 Å². The molecule has 6 heteroatoms. The third-order valence-electron chi connectivity index (χ3n) is 4.72. The quantitative estimate of drug-likeness (QED) is 0.851. The van der Waals surface area contributed by atoms with Crippen molar-refractivity contribution >= 4 is 16.9 Å². The van der Waals surface area contributed by atoms with Gasteiger partial charge in [-0.3, -0.25) is 9.48 Å². The summed E-state index contributed by atoms with van der Waals surface area (Å²) in [5.41, 5.74) is 3.21. The number of hydrogen-bond acceptors (Lipinski definition) is 4. The second-order valence-corrected chi connectivity index (χ2v) is 7.13. The fourth-order valence-corrected chi connectivity index (χ4v) is 2.99. The van der Waals surface area contributed by atoms with Gasteiger partial charge in [-0.15, -0.1) is 0 Å². The zero-order valence-electron chi connectivity index (χ0n) is 14.8. The predicted molar refractivity (Wildman–Crippen MR) is 93.0 cm³/mol. The third-order valence-corrected chi connectivity index (χ3v) is 4.72. The van der Waals surface area contributed by atoms with E-state index < -0.39 is 6.10 Å². The van der Waals surface area contributed by atoms with Gasteiger partial charge in [0.1, 0.15) is 0 Å². The summed E-state index contributed by atoms with van der Waals surface area (Å²) in [6.45, 7) is 6.31. The minimum atomic E-state index is -0.398. The van der Waals surface area contributed by atoms with E-state index in [9.17, 15) is 9.90 Å². The molecular weight excluding hydrogens is 304 g/mol. The second-order valence-electron chi connectivity index (χ2n) is 7.13. The summed E-state index contributed by atoms with van der Waals surface area (Å²) < 4.78 is 1.75. The van der Waals surface area contributed by atoms with Crippen LogP contribution < -0.4 is 5.32 Å². The summed E-state index contributed by atoms with van der Waals surface area (Å²) in [6.07, 6.45) is 2.43. The molecule has 2 N–H and O–H groups in total. The molecule has 1 aliphatic carbocycles. The molecule has 1 aliphatic rings. The molecule has 1 amide bonds. The fourth-order valence-electron chi connectivity index (χ4n) is 2.99. The van der Waals surface area contributed by atoms with Crippen LogP contribution in [-0.2, 0) is 7.05 Å². The average Bonchev–Trinajstić information content (AvgIpc) is 3.33. The van der Waals surface area contributed by atoms with Crippen molar-refractivity contribution in [1.29, 1.82) is 0 Å². The van der Waals surface area contributed by atoms with E-state index in [2.05, 4.69) is 10.4 Å². The van der Waals surface area contributed by atoms with Gasteiger partial charge in [0.25, 0.3) is 5.91 Å². The number of aryl methyl sites for hydroxylation is 2. The first-order valence-corrected chi connectivity index (χ1v) is 8.69. The van der Waals surface area contributed by atoms with Crippen LogP contribution in [0, 0.1) is 12.8 Å². The summed E-state index contributed by atoms with van der Waals surface area (Å²) in [7, 11) is 1.86. The number of nitrogens with one attached hydrogen (secondary N) is 1. The Kier molecular flexibility index (Phi) is 4.58. The van der Waals surface area contributed by atoms with E-state index in [4.69, 9.17) is 4.98 Å². The number of amides is 1. The van der Waals surface area contributed by atoms with Crippen LogP contribution in [0.1, 0.15) is 60.8 Å². The number of aliphatic hydroxyl groups is 1. The van der Waals surface area contributed by atoms with Gasteiger partial charge in [-0.2, -0.15) is 5.10 Å². The van der Waals surface area contributed by atoms with Crippen molar-refractivity contribution in [1.82, 2.24) is 20.1 Å². The van der Waals surface area contributed by atoms with Crippen LogP contribution in [0.25, 0.3) is 11.0 Å². The van der Waals surface area contributed by atoms with E-state index in [0.717, 1.165) is 35.3 Å². The molecule has 1 unspecified atom stereocenters. The zero-order valence-corrected chi connectivity index (χ0v) is 14.8. The number of hydrogen-bond donors (Lipinski definition) is 2. The molecule has 1 fully saturated rings. The highest BCUT2D eigenvalue weighted by molar-refractivity contribution is 6.06. The smallest absolute Gasteiger partial charge is 0.252 e. The van der Waals surface area contributed by atoms with Crippen LogP contribution in [-0.4, -0.2) is 38.4 Å². The van der Waals surface area contributed by atoms with E-state index in [1.807, 2.05) is 33.9 Å². The fraction of sp³-hybridized carbons (Fsp3) is 0.611. The Morgan fingerprint density at radius 2 is 2.17 bits per heavy atom. The SMILES string of the molecule is Cc1nn(C)c2nc(C3CC3)cc(C(=O)NCCC(O)C(C)C)c12. The van der Waals surface area contributed by atoms with Gasteiger partial charge in [0.05, 0.1) is 22.7 Å². The number of carbonyl (C=O) groups excluding carboxylic acids is 1. The van der Waals surface area contributed by atoms with Crippen LogP contribution in [0.4, 0.5) is 0 Å². The monoisotopic (exact) mass is 330 g/mol. The first kappa shape index (κ1) is 16.9. The summed E-state index contributed by atoms with van der Waals surface area (Å²) in [4.78, 5) is 17.4. The third kappa shape index (κ3) is 3.29. The van der Waals surface area contributed by atoms with Gasteiger partial charge in [0, 0.05) is 25.2 Å². The van der Waals surface area contributed by atoms with Crippen molar-refractivity contribution < 1.29 is 9.90 Å². The Bertz CT molecular complexity index is 762. The Morgan fingerprint density at radius 3 is 2.79 bits per heavy atom. The van der Waals surface area contributed by atoms with Crippen LogP contribution in [0.2, 0.25) is 0 Å². The lowest BCUT2D eigenvalue weighted by Crippen LogP contribution is -2.29. The van der Waals surface area contributed by atoms with Crippen molar-refractivity contribution in [3.05, 3.63) is 23.0 Å². The molecule has 130 valence electrons. The van der Waals surface area contributed by atoms with E-state index in [-0.39, 0.29) is 11.8 Å². The molecule has 6 nitrogen and oxygen atoms in total.